The minimum Gasteiger partial charge on any atom is -0.440 e. The van der Waals surface area contributed by atoms with E-state index in [0.29, 0.717) is 33.6 Å². The molecule has 144 valence electrons. The monoisotopic (exact) mass is 422 g/mol. The zero-order chi connectivity index (χ0) is 20.2. The number of fused-ring (bicyclic) bond motifs is 1. The SMILES string of the molecule is O=C(/C=C/c1ccc(Cl)cc1)Nc1ccc(Cc2nc3cc(Cl)ccc3o2)cc1. The Morgan fingerprint density at radius 2 is 1.69 bits per heavy atom. The zero-order valence-electron chi connectivity index (χ0n) is 15.2. The lowest BCUT2D eigenvalue weighted by molar-refractivity contribution is -0.111. The highest BCUT2D eigenvalue weighted by atomic mass is 35.5. The van der Waals surface area contributed by atoms with E-state index >= 15 is 0 Å². The lowest BCUT2D eigenvalue weighted by atomic mass is 10.1. The van der Waals surface area contributed by atoms with Gasteiger partial charge in [0.05, 0.1) is 0 Å². The molecule has 6 heteroatoms. The molecule has 0 fully saturated rings. The third-order valence-corrected chi connectivity index (χ3v) is 4.75. The molecule has 1 heterocycles. The summed E-state index contributed by atoms with van der Waals surface area (Å²) in [5, 5.41) is 4.12. The van der Waals surface area contributed by atoms with Gasteiger partial charge in [0.25, 0.3) is 0 Å². The van der Waals surface area contributed by atoms with Crippen molar-refractivity contribution in [3.05, 3.63) is 99.9 Å². The van der Waals surface area contributed by atoms with Crippen LogP contribution in [0.2, 0.25) is 10.0 Å². The molecule has 1 N–H and O–H groups in total. The van der Waals surface area contributed by atoms with Gasteiger partial charge < -0.3 is 9.73 Å². The summed E-state index contributed by atoms with van der Waals surface area (Å²) >= 11 is 11.8. The Balaban J connectivity index is 1.38. The van der Waals surface area contributed by atoms with Gasteiger partial charge in [-0.2, -0.15) is 0 Å². The first-order chi connectivity index (χ1) is 14.0. The largest absolute Gasteiger partial charge is 0.440 e. The summed E-state index contributed by atoms with van der Waals surface area (Å²) in [5.41, 5.74) is 4.09. The average molecular weight is 423 g/mol. The van der Waals surface area contributed by atoms with Crippen LogP contribution in [0.15, 0.2) is 77.2 Å². The van der Waals surface area contributed by atoms with Gasteiger partial charge in [0.15, 0.2) is 11.5 Å². The molecule has 1 amide bonds. The van der Waals surface area contributed by atoms with E-state index in [9.17, 15) is 4.79 Å². The molecule has 4 rings (SSSR count). The van der Waals surface area contributed by atoms with Crippen LogP contribution in [0.25, 0.3) is 17.2 Å². The van der Waals surface area contributed by atoms with Gasteiger partial charge in [0, 0.05) is 28.2 Å². The predicted octanol–water partition coefficient (Wildman–Crippen LogP) is 6.38. The Morgan fingerprint density at radius 1 is 0.966 bits per heavy atom. The number of carbonyl (C=O) groups is 1. The van der Waals surface area contributed by atoms with Crippen molar-refractivity contribution < 1.29 is 9.21 Å². The Morgan fingerprint density at radius 3 is 2.45 bits per heavy atom. The van der Waals surface area contributed by atoms with E-state index in [1.54, 1.807) is 30.3 Å². The topological polar surface area (TPSA) is 55.1 Å². The highest BCUT2D eigenvalue weighted by Crippen LogP contribution is 2.22. The number of anilines is 1. The molecule has 1 aromatic heterocycles. The van der Waals surface area contributed by atoms with Crippen molar-refractivity contribution in [2.24, 2.45) is 0 Å². The van der Waals surface area contributed by atoms with Crippen molar-refractivity contribution in [3.63, 3.8) is 0 Å². The molecule has 0 aliphatic carbocycles. The van der Waals surface area contributed by atoms with Gasteiger partial charge in [-0.1, -0.05) is 47.5 Å². The molecule has 0 aliphatic rings. The number of oxazole rings is 1. The second-order valence-electron chi connectivity index (χ2n) is 6.47. The maximum atomic E-state index is 12.1. The Bertz CT molecular complexity index is 1180. The van der Waals surface area contributed by atoms with Crippen LogP contribution in [0.4, 0.5) is 5.69 Å². The number of halogens is 2. The van der Waals surface area contributed by atoms with E-state index in [2.05, 4.69) is 10.3 Å². The van der Waals surface area contributed by atoms with E-state index in [1.165, 1.54) is 6.08 Å². The first-order valence-electron chi connectivity index (χ1n) is 8.94. The minimum absolute atomic E-state index is 0.205. The summed E-state index contributed by atoms with van der Waals surface area (Å²) in [6.45, 7) is 0. The number of hydrogen-bond donors (Lipinski definition) is 1. The van der Waals surface area contributed by atoms with E-state index in [0.717, 1.165) is 16.6 Å². The van der Waals surface area contributed by atoms with Crippen LogP contribution in [-0.4, -0.2) is 10.9 Å². The summed E-state index contributed by atoms with van der Waals surface area (Å²) in [6, 6.07) is 20.2. The van der Waals surface area contributed by atoms with Gasteiger partial charge in [-0.05, 0) is 59.7 Å². The predicted molar refractivity (Wildman–Crippen MR) is 117 cm³/mol. The van der Waals surface area contributed by atoms with Gasteiger partial charge >= 0.3 is 0 Å². The Hall–Kier alpha value is -3.08. The Labute approximate surface area is 177 Å². The van der Waals surface area contributed by atoms with Crippen molar-refractivity contribution in [2.75, 3.05) is 5.32 Å². The van der Waals surface area contributed by atoms with Gasteiger partial charge in [-0.25, -0.2) is 4.98 Å². The second kappa shape index (κ2) is 8.52. The van der Waals surface area contributed by atoms with Crippen molar-refractivity contribution >= 4 is 52.0 Å². The normalized spacial score (nSPS) is 11.2. The first-order valence-corrected chi connectivity index (χ1v) is 9.69. The lowest BCUT2D eigenvalue weighted by Gasteiger charge is -2.04. The fraction of sp³-hybridized carbons (Fsp3) is 0.0435. The van der Waals surface area contributed by atoms with Crippen molar-refractivity contribution in [1.82, 2.24) is 4.98 Å². The molecule has 4 aromatic rings. The summed E-state index contributed by atoms with van der Waals surface area (Å²) in [5.74, 6) is 0.411. The van der Waals surface area contributed by atoms with Crippen LogP contribution in [0.1, 0.15) is 17.0 Å². The van der Waals surface area contributed by atoms with Crippen molar-refractivity contribution in [3.8, 4) is 0 Å². The fourth-order valence-corrected chi connectivity index (χ4v) is 3.13. The standard InChI is InChI=1S/C23H16Cl2N2O2/c24-17-6-1-15(2-7-17)5-12-22(28)26-19-9-3-16(4-10-19)13-23-27-20-14-18(25)8-11-21(20)29-23/h1-12,14H,13H2,(H,26,28)/b12-5+. The van der Waals surface area contributed by atoms with Crippen molar-refractivity contribution in [2.45, 2.75) is 6.42 Å². The Kier molecular flexibility index (Phi) is 5.65. The maximum Gasteiger partial charge on any atom is 0.248 e. The van der Waals surface area contributed by atoms with Crippen molar-refractivity contribution in [1.29, 1.82) is 0 Å². The van der Waals surface area contributed by atoms with Crippen LogP contribution >= 0.6 is 23.2 Å². The third-order valence-electron chi connectivity index (χ3n) is 4.27. The molecular weight excluding hydrogens is 407 g/mol. The second-order valence-corrected chi connectivity index (χ2v) is 7.34. The summed E-state index contributed by atoms with van der Waals surface area (Å²) < 4.78 is 5.75. The maximum absolute atomic E-state index is 12.1. The number of hydrogen-bond acceptors (Lipinski definition) is 3. The molecule has 29 heavy (non-hydrogen) atoms. The van der Waals surface area contributed by atoms with Crippen LogP contribution in [0.5, 0.6) is 0 Å². The number of nitrogens with one attached hydrogen (secondary N) is 1. The molecule has 0 atom stereocenters. The summed E-state index contributed by atoms with van der Waals surface area (Å²) in [4.78, 5) is 16.6. The molecule has 0 saturated heterocycles. The average Bonchev–Trinajstić information content (AvgIpc) is 3.10. The van der Waals surface area contributed by atoms with Gasteiger partial charge in [0.1, 0.15) is 5.52 Å². The molecule has 0 bridgehead atoms. The van der Waals surface area contributed by atoms with Crippen LogP contribution in [0.3, 0.4) is 0 Å². The molecule has 3 aromatic carbocycles. The van der Waals surface area contributed by atoms with E-state index in [-0.39, 0.29) is 5.91 Å². The molecule has 0 radical (unpaired) electrons. The van der Waals surface area contributed by atoms with Gasteiger partial charge in [-0.3, -0.25) is 4.79 Å². The highest BCUT2D eigenvalue weighted by molar-refractivity contribution is 6.31. The first kappa shape index (κ1) is 19.2. The highest BCUT2D eigenvalue weighted by Gasteiger charge is 2.07. The minimum atomic E-state index is -0.205. The van der Waals surface area contributed by atoms with E-state index in [4.69, 9.17) is 27.6 Å². The van der Waals surface area contributed by atoms with Gasteiger partial charge in [0.2, 0.25) is 5.91 Å². The number of aromatic nitrogens is 1. The fourth-order valence-electron chi connectivity index (χ4n) is 2.83. The molecule has 0 saturated carbocycles. The molecule has 0 spiro atoms. The van der Waals surface area contributed by atoms with Crippen LogP contribution in [0, 0.1) is 0 Å². The van der Waals surface area contributed by atoms with Gasteiger partial charge in [-0.15, -0.1) is 0 Å². The zero-order valence-corrected chi connectivity index (χ0v) is 16.7. The third kappa shape index (κ3) is 5.05. The molecule has 0 aliphatic heterocycles. The van der Waals surface area contributed by atoms with E-state index < -0.39 is 0 Å². The number of benzene rings is 3. The number of carbonyl (C=O) groups excluding carboxylic acids is 1. The quantitative estimate of drug-likeness (QED) is 0.379. The summed E-state index contributed by atoms with van der Waals surface area (Å²) in [6.07, 6.45) is 3.77. The molecule has 4 nitrogen and oxygen atoms in total. The van der Waals surface area contributed by atoms with E-state index in [1.807, 2.05) is 42.5 Å². The van der Waals surface area contributed by atoms with Crippen LogP contribution in [-0.2, 0) is 11.2 Å². The number of amides is 1. The number of nitrogens with zero attached hydrogens (tertiary/aromatic N) is 1. The van der Waals surface area contributed by atoms with Crippen LogP contribution < -0.4 is 5.32 Å². The smallest absolute Gasteiger partial charge is 0.248 e. The summed E-state index contributed by atoms with van der Waals surface area (Å²) in [7, 11) is 0. The number of rotatable bonds is 5. The molecular formula is C23H16Cl2N2O2. The molecule has 0 unspecified atom stereocenters. The lowest BCUT2D eigenvalue weighted by Crippen LogP contribution is -2.07.